The van der Waals surface area contributed by atoms with Crippen molar-refractivity contribution in [2.75, 3.05) is 13.2 Å². The summed E-state index contributed by atoms with van der Waals surface area (Å²) in [5.74, 6) is -0.882. The number of esters is 3. The van der Waals surface area contributed by atoms with Crippen molar-refractivity contribution in [3.8, 4) is 0 Å². The zero-order valence-electron chi connectivity index (χ0n) is 41.9. The fourth-order valence-corrected chi connectivity index (χ4v) is 8.33. The lowest BCUT2D eigenvalue weighted by Gasteiger charge is -2.18. The topological polar surface area (TPSA) is 78.9 Å². The largest absolute Gasteiger partial charge is 0.462 e. The van der Waals surface area contributed by atoms with Crippen LogP contribution in [0.4, 0.5) is 0 Å². The maximum absolute atomic E-state index is 12.6. The monoisotopic (exact) mass is 875 g/mol. The van der Waals surface area contributed by atoms with Gasteiger partial charge in [-0.25, -0.2) is 0 Å². The maximum atomic E-state index is 12.6. The average Bonchev–Trinajstić information content (AvgIpc) is 3.27. The van der Waals surface area contributed by atoms with Crippen molar-refractivity contribution < 1.29 is 28.6 Å². The first kappa shape index (κ1) is 60.2. The molecule has 1 atom stereocenters. The minimum Gasteiger partial charge on any atom is -0.462 e. The van der Waals surface area contributed by atoms with Crippen LogP contribution >= 0.6 is 0 Å². The third-order valence-corrected chi connectivity index (χ3v) is 12.5. The van der Waals surface area contributed by atoms with Crippen LogP contribution < -0.4 is 0 Å². The first-order chi connectivity index (χ1) is 30.5. The van der Waals surface area contributed by atoms with Gasteiger partial charge >= 0.3 is 17.9 Å². The first-order valence-electron chi connectivity index (χ1n) is 27.7. The fourth-order valence-electron chi connectivity index (χ4n) is 8.33. The van der Waals surface area contributed by atoms with Crippen LogP contribution in [-0.4, -0.2) is 37.2 Å². The van der Waals surface area contributed by atoms with Gasteiger partial charge in [0.2, 0.25) is 0 Å². The molecule has 0 rings (SSSR count). The van der Waals surface area contributed by atoms with Gasteiger partial charge in [-0.1, -0.05) is 264 Å². The van der Waals surface area contributed by atoms with E-state index < -0.39 is 6.10 Å². The van der Waals surface area contributed by atoms with Crippen molar-refractivity contribution in [1.82, 2.24) is 0 Å². The number of hydrogen-bond acceptors (Lipinski definition) is 6. The lowest BCUT2D eigenvalue weighted by atomic mass is 10.0. The van der Waals surface area contributed by atoms with Crippen LogP contribution in [0.1, 0.15) is 310 Å². The fraction of sp³-hybridized carbons (Fsp3) is 0.911. The predicted molar refractivity (Wildman–Crippen MR) is 266 cm³/mol. The van der Waals surface area contributed by atoms with Gasteiger partial charge in [0.05, 0.1) is 0 Å². The van der Waals surface area contributed by atoms with E-state index in [0.717, 1.165) is 83.5 Å². The SMILES string of the molecule is CCC/C=C\CCCCCCCC(=O)OC(COC(=O)CCCCCCC)COC(=O)CCCCCCCCCCCCCCCCCCCCCCCCCCCCCCC. The average molecular weight is 875 g/mol. The molecule has 0 N–H and O–H groups in total. The third kappa shape index (κ3) is 49.2. The number of rotatable bonds is 51. The van der Waals surface area contributed by atoms with E-state index >= 15 is 0 Å². The molecule has 1 unspecified atom stereocenters. The molecule has 0 aliphatic carbocycles. The highest BCUT2D eigenvalue weighted by Gasteiger charge is 2.19. The Morgan fingerprint density at radius 3 is 0.871 bits per heavy atom. The van der Waals surface area contributed by atoms with Crippen LogP contribution in [0.15, 0.2) is 12.2 Å². The van der Waals surface area contributed by atoms with E-state index in [0.29, 0.717) is 19.3 Å². The highest BCUT2D eigenvalue weighted by molar-refractivity contribution is 5.71. The summed E-state index contributed by atoms with van der Waals surface area (Å²) in [5, 5.41) is 0. The highest BCUT2D eigenvalue weighted by Crippen LogP contribution is 2.17. The Labute approximate surface area is 386 Å². The van der Waals surface area contributed by atoms with Crippen molar-refractivity contribution in [2.24, 2.45) is 0 Å². The second-order valence-corrected chi connectivity index (χ2v) is 18.9. The van der Waals surface area contributed by atoms with Gasteiger partial charge in [-0.15, -0.1) is 0 Å². The highest BCUT2D eigenvalue weighted by atomic mass is 16.6. The predicted octanol–water partition coefficient (Wildman–Crippen LogP) is 18.2. The Morgan fingerprint density at radius 1 is 0.306 bits per heavy atom. The zero-order valence-corrected chi connectivity index (χ0v) is 41.9. The van der Waals surface area contributed by atoms with Crippen molar-refractivity contribution in [2.45, 2.75) is 316 Å². The zero-order chi connectivity index (χ0) is 45.1. The normalized spacial score (nSPS) is 12.0. The van der Waals surface area contributed by atoms with Gasteiger partial charge in [0.1, 0.15) is 13.2 Å². The Kier molecular flexibility index (Phi) is 50.2. The minimum atomic E-state index is -0.765. The molecule has 6 heteroatoms. The molecule has 0 aromatic carbocycles. The van der Waals surface area contributed by atoms with E-state index in [1.165, 1.54) is 186 Å². The molecule has 0 radical (unpaired) electrons. The summed E-state index contributed by atoms with van der Waals surface area (Å²) in [6.45, 7) is 6.52. The second-order valence-electron chi connectivity index (χ2n) is 18.9. The molecule has 6 nitrogen and oxygen atoms in total. The Balaban J connectivity index is 3.85. The van der Waals surface area contributed by atoms with Crippen LogP contribution in [0.3, 0.4) is 0 Å². The Morgan fingerprint density at radius 2 is 0.565 bits per heavy atom. The maximum Gasteiger partial charge on any atom is 0.306 e. The van der Waals surface area contributed by atoms with Crippen molar-refractivity contribution in [3.05, 3.63) is 12.2 Å². The number of carbonyl (C=O) groups excluding carboxylic acids is 3. The number of ether oxygens (including phenoxy) is 3. The van der Waals surface area contributed by atoms with Gasteiger partial charge < -0.3 is 14.2 Å². The molecule has 0 aliphatic rings. The molecule has 0 saturated carbocycles. The summed E-state index contributed by atoms with van der Waals surface area (Å²) in [4.78, 5) is 37.5. The standard InChI is InChI=1S/C56H106O6/c1-4-7-10-13-15-17-19-20-21-22-23-24-25-26-27-28-29-30-31-32-33-34-35-36-37-39-40-43-46-49-55(58)61-52-53(51-60-54(57)48-45-42-12-9-6-3)62-56(59)50-47-44-41-38-18-16-14-11-8-5-2/h11,14,53H,4-10,12-13,15-52H2,1-3H3/b14-11-. The van der Waals surface area contributed by atoms with E-state index in [9.17, 15) is 14.4 Å². The molecule has 366 valence electrons. The van der Waals surface area contributed by atoms with E-state index in [1.807, 2.05) is 0 Å². The van der Waals surface area contributed by atoms with Crippen LogP contribution in [0.25, 0.3) is 0 Å². The molecule has 62 heavy (non-hydrogen) atoms. The number of hydrogen-bond donors (Lipinski definition) is 0. The molecule has 0 aromatic heterocycles. The van der Waals surface area contributed by atoms with Crippen molar-refractivity contribution in [1.29, 1.82) is 0 Å². The van der Waals surface area contributed by atoms with Gasteiger partial charge in [0, 0.05) is 19.3 Å². The van der Waals surface area contributed by atoms with Crippen LogP contribution in [0.5, 0.6) is 0 Å². The number of allylic oxidation sites excluding steroid dienone is 2. The lowest BCUT2D eigenvalue weighted by molar-refractivity contribution is -0.167. The van der Waals surface area contributed by atoms with Gasteiger partial charge in [-0.3, -0.25) is 14.4 Å². The Bertz CT molecular complexity index is 962. The molecular weight excluding hydrogens is 769 g/mol. The van der Waals surface area contributed by atoms with Crippen LogP contribution in [0.2, 0.25) is 0 Å². The van der Waals surface area contributed by atoms with Crippen LogP contribution in [0, 0.1) is 0 Å². The van der Waals surface area contributed by atoms with E-state index in [4.69, 9.17) is 14.2 Å². The van der Waals surface area contributed by atoms with Crippen LogP contribution in [-0.2, 0) is 28.6 Å². The molecule has 0 heterocycles. The third-order valence-electron chi connectivity index (χ3n) is 12.5. The lowest BCUT2D eigenvalue weighted by Crippen LogP contribution is -2.30. The second kappa shape index (κ2) is 51.8. The van der Waals surface area contributed by atoms with E-state index in [-0.39, 0.29) is 31.1 Å². The summed E-state index contributed by atoms with van der Waals surface area (Å²) >= 11 is 0. The molecule has 0 spiro atoms. The Hall–Kier alpha value is -1.85. The van der Waals surface area contributed by atoms with E-state index in [2.05, 4.69) is 32.9 Å². The summed E-state index contributed by atoms with van der Waals surface area (Å²) < 4.78 is 16.6. The van der Waals surface area contributed by atoms with Gasteiger partial charge in [-0.05, 0) is 38.5 Å². The number of unbranched alkanes of at least 4 members (excludes halogenated alkanes) is 38. The van der Waals surface area contributed by atoms with Gasteiger partial charge in [0.15, 0.2) is 6.10 Å². The van der Waals surface area contributed by atoms with Gasteiger partial charge in [0.25, 0.3) is 0 Å². The minimum absolute atomic E-state index is 0.0700. The molecule has 0 aromatic rings. The summed E-state index contributed by atoms with van der Waals surface area (Å²) in [6.07, 6.45) is 58.5. The summed E-state index contributed by atoms with van der Waals surface area (Å²) in [5.41, 5.74) is 0. The molecule has 0 bridgehead atoms. The van der Waals surface area contributed by atoms with Crippen molar-refractivity contribution in [3.63, 3.8) is 0 Å². The molecule has 0 aliphatic heterocycles. The smallest absolute Gasteiger partial charge is 0.306 e. The van der Waals surface area contributed by atoms with Gasteiger partial charge in [-0.2, -0.15) is 0 Å². The molecule has 0 saturated heterocycles. The molecule has 0 amide bonds. The first-order valence-corrected chi connectivity index (χ1v) is 27.7. The van der Waals surface area contributed by atoms with Crippen molar-refractivity contribution >= 4 is 17.9 Å². The molecule has 0 fully saturated rings. The number of carbonyl (C=O) groups is 3. The summed E-state index contributed by atoms with van der Waals surface area (Å²) in [6, 6.07) is 0. The van der Waals surface area contributed by atoms with E-state index in [1.54, 1.807) is 0 Å². The quantitative estimate of drug-likeness (QED) is 0.0262. The summed E-state index contributed by atoms with van der Waals surface area (Å²) in [7, 11) is 0. The molecular formula is C56H106O6.